The number of carboxylic acid groups (broad SMARTS) is 1. The van der Waals surface area contributed by atoms with E-state index in [0.717, 1.165) is 0 Å². The van der Waals surface area contributed by atoms with Gasteiger partial charge in [0.2, 0.25) is 0 Å². The maximum absolute atomic E-state index is 10.6. The Labute approximate surface area is 115 Å². The van der Waals surface area contributed by atoms with Crippen LogP contribution >= 0.6 is 0 Å². The molecule has 1 aliphatic heterocycles. The number of carboxylic acids is 1. The topological polar surface area (TPSA) is 147 Å². The summed E-state index contributed by atoms with van der Waals surface area (Å²) in [6.07, 6.45) is -2.88. The van der Waals surface area contributed by atoms with Gasteiger partial charge >= 0.3 is 11.9 Å². The van der Waals surface area contributed by atoms with E-state index in [0.29, 0.717) is 4.48 Å². The highest BCUT2D eigenvalue weighted by Gasteiger charge is 2.34. The smallest absolute Gasteiger partial charge is 0.359 e. The molecule has 0 saturated heterocycles. The Morgan fingerprint density at radius 3 is 2.15 bits per heavy atom. The molecule has 2 atom stereocenters. The van der Waals surface area contributed by atoms with Gasteiger partial charge in [0.25, 0.3) is 0 Å². The number of aliphatic carboxylic acids is 1. The highest BCUT2D eigenvalue weighted by Crippen LogP contribution is 2.19. The minimum Gasteiger partial charge on any atom is -0.865 e. The van der Waals surface area contributed by atoms with Crippen LogP contribution in [0.5, 0.6) is 0 Å². The maximum atomic E-state index is 10.6. The second kappa shape index (κ2) is 7.08. The second-order valence-electron chi connectivity index (χ2n) is 5.13. The molecule has 0 aromatic carbocycles. The van der Waals surface area contributed by atoms with Gasteiger partial charge in [0.15, 0.2) is 12.6 Å². The van der Waals surface area contributed by atoms with Crippen molar-refractivity contribution in [2.45, 2.75) is 12.2 Å². The van der Waals surface area contributed by atoms with E-state index >= 15 is 0 Å². The third-order valence-electron chi connectivity index (χ3n) is 2.07. The van der Waals surface area contributed by atoms with Crippen LogP contribution in [0.25, 0.3) is 0 Å². The molecule has 0 radical (unpaired) electrons. The zero-order chi connectivity index (χ0) is 16.1. The number of cyclic esters (lactones) is 1. The first kappa shape index (κ1) is 18.2. The Hall–Kier alpha value is -1.84. The first-order valence-electron chi connectivity index (χ1n) is 5.62. The van der Waals surface area contributed by atoms with Crippen LogP contribution in [0.4, 0.5) is 0 Å². The lowest BCUT2D eigenvalue weighted by Crippen LogP contribution is -2.39. The summed E-state index contributed by atoms with van der Waals surface area (Å²) in [5, 5.41) is 45.0. The van der Waals surface area contributed by atoms with Gasteiger partial charge in [0, 0.05) is 5.76 Å². The van der Waals surface area contributed by atoms with E-state index in [1.54, 1.807) is 0 Å². The van der Waals surface area contributed by atoms with E-state index < -0.39 is 42.3 Å². The largest absolute Gasteiger partial charge is 0.865 e. The van der Waals surface area contributed by atoms with Gasteiger partial charge in [-0.15, -0.1) is 0 Å². The van der Waals surface area contributed by atoms with E-state index in [9.17, 15) is 14.7 Å². The lowest BCUT2D eigenvalue weighted by molar-refractivity contribution is -0.862. The molecule has 0 aromatic heterocycles. The first-order chi connectivity index (χ1) is 8.99. The number of nitrogens with zero attached hydrogens (tertiary/aromatic N) is 1. The first-order valence-corrected chi connectivity index (χ1v) is 5.62. The zero-order valence-electron chi connectivity index (χ0n) is 11.4. The quantitative estimate of drug-likeness (QED) is 0.320. The van der Waals surface area contributed by atoms with Crippen LogP contribution in [0.2, 0.25) is 0 Å². The molecular weight excluding hydrogens is 274 g/mol. The molecule has 0 saturated carbocycles. The van der Waals surface area contributed by atoms with Crippen molar-refractivity contribution in [3.63, 3.8) is 0 Å². The van der Waals surface area contributed by atoms with Crippen LogP contribution in [0.1, 0.15) is 0 Å². The van der Waals surface area contributed by atoms with Crippen LogP contribution in [0.3, 0.4) is 0 Å². The number of rotatable bonds is 4. The molecule has 0 aliphatic carbocycles. The Morgan fingerprint density at radius 2 is 1.95 bits per heavy atom. The standard InChI is InChI=1S/C6H8O6.C5H11NO2/c7-1-2(8)5-3(9)4(10)6(11)12-5;1-6(2,3)4-5(7)8/h2,5,7-10H,1H2;4H2,1-3H3. The number of likely N-dealkylation sites (N-methyl/N-ethyl adjacent to an activating group) is 1. The van der Waals surface area contributed by atoms with E-state index in [2.05, 4.69) is 4.74 Å². The fraction of sp³-hybridized carbons (Fsp3) is 0.636. The zero-order valence-corrected chi connectivity index (χ0v) is 11.4. The van der Waals surface area contributed by atoms with Gasteiger partial charge in [-0.25, -0.2) is 9.59 Å². The van der Waals surface area contributed by atoms with Crippen molar-refractivity contribution in [1.82, 2.24) is 0 Å². The van der Waals surface area contributed by atoms with Crippen molar-refractivity contribution < 1.29 is 44.3 Å². The fourth-order valence-corrected chi connectivity index (χ4v) is 1.22. The van der Waals surface area contributed by atoms with Crippen molar-refractivity contribution in [3.8, 4) is 0 Å². The minimum atomic E-state index is -1.46. The Balaban J connectivity index is 0.000000396. The molecule has 1 rings (SSSR count). The Morgan fingerprint density at radius 1 is 1.45 bits per heavy atom. The molecule has 20 heavy (non-hydrogen) atoms. The molecule has 0 bridgehead atoms. The van der Waals surface area contributed by atoms with Gasteiger partial charge < -0.3 is 34.8 Å². The molecule has 1 heterocycles. The minimum absolute atomic E-state index is 0.181. The van der Waals surface area contributed by atoms with Crippen molar-refractivity contribution in [1.29, 1.82) is 0 Å². The number of hydrogen-bond donors (Lipinski definition) is 4. The van der Waals surface area contributed by atoms with E-state index in [1.807, 2.05) is 21.1 Å². The second-order valence-corrected chi connectivity index (χ2v) is 5.13. The van der Waals surface area contributed by atoms with Crippen LogP contribution < -0.4 is 5.11 Å². The summed E-state index contributed by atoms with van der Waals surface area (Å²) in [5.41, 5.74) is 0. The molecule has 9 heteroatoms. The van der Waals surface area contributed by atoms with Crippen LogP contribution in [0.15, 0.2) is 11.5 Å². The molecule has 2 unspecified atom stereocenters. The van der Waals surface area contributed by atoms with Crippen LogP contribution in [-0.2, 0) is 14.3 Å². The predicted molar refractivity (Wildman–Crippen MR) is 63.2 cm³/mol. The summed E-state index contributed by atoms with van der Waals surface area (Å²) in [4.78, 5) is 20.5. The molecule has 1 aliphatic rings. The average Bonchev–Trinajstić information content (AvgIpc) is 2.53. The highest BCUT2D eigenvalue weighted by atomic mass is 16.6. The average molecular weight is 293 g/mol. The van der Waals surface area contributed by atoms with Crippen molar-refractivity contribution in [2.75, 3.05) is 34.3 Å². The van der Waals surface area contributed by atoms with Crippen molar-refractivity contribution in [3.05, 3.63) is 11.5 Å². The third-order valence-corrected chi connectivity index (χ3v) is 2.07. The summed E-state index contributed by atoms with van der Waals surface area (Å²) in [5.74, 6) is -4.00. The number of carbonyl (C=O) groups is 2. The van der Waals surface area contributed by atoms with E-state index in [1.165, 1.54) is 0 Å². The predicted octanol–water partition coefficient (Wildman–Crippen LogP) is -2.83. The van der Waals surface area contributed by atoms with Crippen LogP contribution in [0, 0.1) is 0 Å². The lowest BCUT2D eigenvalue weighted by atomic mass is 10.2. The molecule has 116 valence electrons. The summed E-state index contributed by atoms with van der Waals surface area (Å²) in [6.45, 7) is -0.519. The lowest BCUT2D eigenvalue weighted by Gasteiger charge is -2.20. The SMILES string of the molecule is C[N+](C)(C)CC(=O)O.O=C1OC(C(O)CO)C(O)=C1[O-]. The number of carbonyl (C=O) groups excluding carboxylic acids is 1. The summed E-state index contributed by atoms with van der Waals surface area (Å²) < 4.78 is 4.73. The summed E-state index contributed by atoms with van der Waals surface area (Å²) in [7, 11) is 5.52. The Kier molecular flexibility index (Phi) is 6.43. The number of aliphatic hydroxyl groups excluding tert-OH is 3. The van der Waals surface area contributed by atoms with E-state index in [4.69, 9.17) is 20.4 Å². The molecule has 0 fully saturated rings. The maximum Gasteiger partial charge on any atom is 0.359 e. The van der Waals surface area contributed by atoms with Crippen molar-refractivity contribution in [2.24, 2.45) is 0 Å². The molecule has 0 spiro atoms. The van der Waals surface area contributed by atoms with Gasteiger partial charge in [0.05, 0.1) is 27.7 Å². The third kappa shape index (κ3) is 5.87. The molecule has 9 nitrogen and oxygen atoms in total. The number of esters is 1. The number of quaternary nitrogens is 1. The normalized spacial score (nSPS) is 20.1. The van der Waals surface area contributed by atoms with Crippen molar-refractivity contribution >= 4 is 11.9 Å². The van der Waals surface area contributed by atoms with Crippen LogP contribution in [-0.4, -0.2) is 83.4 Å². The molecular formula is C11H19NO8. The van der Waals surface area contributed by atoms with E-state index in [-0.39, 0.29) is 6.54 Å². The summed E-state index contributed by atoms with van der Waals surface area (Å²) in [6, 6.07) is 0. The fourth-order valence-electron chi connectivity index (χ4n) is 1.22. The van der Waals surface area contributed by atoms with Gasteiger partial charge in [-0.1, -0.05) is 0 Å². The molecule has 0 amide bonds. The monoisotopic (exact) mass is 293 g/mol. The number of ether oxygens (including phenoxy) is 1. The van der Waals surface area contributed by atoms with Gasteiger partial charge in [-0.2, -0.15) is 0 Å². The Bertz CT molecular complexity index is 398. The van der Waals surface area contributed by atoms with Gasteiger partial charge in [0.1, 0.15) is 11.9 Å². The number of aliphatic hydroxyl groups is 3. The highest BCUT2D eigenvalue weighted by molar-refractivity contribution is 5.88. The van der Waals surface area contributed by atoms with Gasteiger partial charge in [-0.3, -0.25) is 0 Å². The summed E-state index contributed by atoms with van der Waals surface area (Å²) >= 11 is 0. The van der Waals surface area contributed by atoms with Gasteiger partial charge in [-0.05, 0) is 0 Å². The molecule has 4 N–H and O–H groups in total. The molecule has 0 aromatic rings. The number of hydrogen-bond acceptors (Lipinski definition) is 7.